The van der Waals surface area contributed by atoms with Gasteiger partial charge in [-0.1, -0.05) is 6.92 Å². The van der Waals surface area contributed by atoms with Gasteiger partial charge >= 0.3 is 0 Å². The molecule has 0 aliphatic heterocycles. The monoisotopic (exact) mass is 314 g/mol. The highest BCUT2D eigenvalue weighted by molar-refractivity contribution is 6.28. The lowest BCUT2D eigenvalue weighted by Gasteiger charge is -2.18. The van der Waals surface area contributed by atoms with E-state index in [0.29, 0.717) is 24.9 Å². The predicted octanol–water partition coefficient (Wildman–Crippen LogP) is 2.02. The number of hydrogen-bond donors (Lipinski definition) is 2. The minimum absolute atomic E-state index is 0.108. The number of halogens is 1. The van der Waals surface area contributed by atoms with Gasteiger partial charge in [0, 0.05) is 32.6 Å². The maximum Gasteiger partial charge on any atom is 0.228 e. The second kappa shape index (κ2) is 9.33. The van der Waals surface area contributed by atoms with Crippen molar-refractivity contribution < 1.29 is 4.79 Å². The first-order valence-corrected chi connectivity index (χ1v) is 7.65. The van der Waals surface area contributed by atoms with Crippen molar-refractivity contribution in [3.8, 4) is 0 Å². The van der Waals surface area contributed by atoms with Gasteiger partial charge in [0.2, 0.25) is 23.1 Å². The Balaban J connectivity index is 2.51. The van der Waals surface area contributed by atoms with Crippen molar-refractivity contribution in [2.24, 2.45) is 0 Å². The number of aromatic nitrogens is 3. The average Bonchev–Trinajstić information content (AvgIpc) is 2.46. The number of carbonyl (C=O) groups excluding carboxylic acids is 1. The van der Waals surface area contributed by atoms with Gasteiger partial charge in [0.15, 0.2) is 0 Å². The van der Waals surface area contributed by atoms with Gasteiger partial charge in [-0.25, -0.2) is 0 Å². The molecule has 0 aliphatic carbocycles. The number of nitrogens with one attached hydrogen (secondary N) is 2. The van der Waals surface area contributed by atoms with E-state index in [2.05, 4.69) is 25.6 Å². The van der Waals surface area contributed by atoms with E-state index in [1.165, 1.54) is 0 Å². The molecule has 0 saturated heterocycles. The minimum atomic E-state index is 0.108. The van der Waals surface area contributed by atoms with Crippen LogP contribution in [-0.4, -0.2) is 51.9 Å². The molecule has 2 N–H and O–H groups in total. The molecule has 1 aromatic heterocycles. The fourth-order valence-corrected chi connectivity index (χ4v) is 1.92. The van der Waals surface area contributed by atoms with E-state index in [4.69, 9.17) is 11.6 Å². The molecule has 21 heavy (non-hydrogen) atoms. The molecule has 0 bridgehead atoms. The molecule has 0 radical (unpaired) electrons. The Kier molecular flexibility index (Phi) is 7.74. The Morgan fingerprint density at radius 1 is 1.05 bits per heavy atom. The van der Waals surface area contributed by atoms with Crippen LogP contribution in [-0.2, 0) is 4.79 Å². The summed E-state index contributed by atoms with van der Waals surface area (Å²) in [7, 11) is 0. The Bertz CT molecular complexity index is 452. The second-order valence-electron chi connectivity index (χ2n) is 4.42. The third kappa shape index (κ3) is 6.12. The quantitative estimate of drug-likeness (QED) is 0.725. The van der Waals surface area contributed by atoms with Crippen molar-refractivity contribution in [3.05, 3.63) is 5.28 Å². The van der Waals surface area contributed by atoms with Gasteiger partial charge in [-0.2, -0.15) is 15.0 Å². The van der Waals surface area contributed by atoms with E-state index in [0.717, 1.165) is 26.1 Å². The summed E-state index contributed by atoms with van der Waals surface area (Å²) < 4.78 is 0. The lowest BCUT2D eigenvalue weighted by Crippen LogP contribution is -2.31. The summed E-state index contributed by atoms with van der Waals surface area (Å²) in [5.41, 5.74) is 0. The third-order valence-corrected chi connectivity index (χ3v) is 3.05. The lowest BCUT2D eigenvalue weighted by atomic mass is 10.3. The van der Waals surface area contributed by atoms with Crippen LogP contribution in [0.1, 0.15) is 33.6 Å². The first kappa shape index (κ1) is 17.4. The fraction of sp³-hybridized carbons (Fsp3) is 0.692. The van der Waals surface area contributed by atoms with Gasteiger partial charge < -0.3 is 15.5 Å². The fourth-order valence-electron chi connectivity index (χ4n) is 1.76. The van der Waals surface area contributed by atoms with Crippen molar-refractivity contribution in [1.82, 2.24) is 19.9 Å². The maximum atomic E-state index is 11.9. The van der Waals surface area contributed by atoms with Crippen LogP contribution >= 0.6 is 11.6 Å². The van der Waals surface area contributed by atoms with Crippen LogP contribution < -0.4 is 10.6 Å². The van der Waals surface area contributed by atoms with E-state index < -0.39 is 0 Å². The molecule has 0 atom stereocenters. The molecule has 1 aromatic rings. The molecular formula is C13H23ClN6O. The molecule has 8 heteroatoms. The van der Waals surface area contributed by atoms with Gasteiger partial charge in [-0.3, -0.25) is 4.79 Å². The highest BCUT2D eigenvalue weighted by atomic mass is 35.5. The van der Waals surface area contributed by atoms with Crippen LogP contribution in [0, 0.1) is 0 Å². The average molecular weight is 315 g/mol. The highest BCUT2D eigenvalue weighted by Gasteiger charge is 2.09. The number of anilines is 2. The normalized spacial score (nSPS) is 10.3. The van der Waals surface area contributed by atoms with Gasteiger partial charge in [-0.05, 0) is 31.9 Å². The first-order valence-electron chi connectivity index (χ1n) is 7.27. The van der Waals surface area contributed by atoms with Crippen molar-refractivity contribution in [2.45, 2.75) is 33.6 Å². The molecule has 7 nitrogen and oxygen atoms in total. The summed E-state index contributed by atoms with van der Waals surface area (Å²) in [5.74, 6) is 0.923. The zero-order chi connectivity index (χ0) is 15.7. The van der Waals surface area contributed by atoms with Crippen molar-refractivity contribution in [2.75, 3.05) is 36.8 Å². The van der Waals surface area contributed by atoms with Crippen LogP contribution in [0.25, 0.3) is 0 Å². The summed E-state index contributed by atoms with van der Waals surface area (Å²) in [5, 5.41) is 6.18. The molecule has 1 amide bonds. The summed E-state index contributed by atoms with van der Waals surface area (Å²) in [4.78, 5) is 25.8. The zero-order valence-corrected chi connectivity index (χ0v) is 13.6. The molecule has 1 rings (SSSR count). The maximum absolute atomic E-state index is 11.9. The topological polar surface area (TPSA) is 83.0 Å². The van der Waals surface area contributed by atoms with Crippen molar-refractivity contribution in [1.29, 1.82) is 0 Å². The summed E-state index contributed by atoms with van der Waals surface area (Å²) in [6.45, 7) is 8.64. The molecule has 1 heterocycles. The standard InChI is InChI=1S/C13H23ClN6O/c1-4-8-15-12-17-11(14)18-13(19-12)16-9-7-10(21)20(5-2)6-3/h4-9H2,1-3H3,(H2,15,16,17,18,19). The minimum Gasteiger partial charge on any atom is -0.354 e. The number of rotatable bonds is 9. The molecule has 0 saturated carbocycles. The van der Waals surface area contributed by atoms with Gasteiger partial charge in [0.1, 0.15) is 0 Å². The van der Waals surface area contributed by atoms with E-state index in [1.54, 1.807) is 4.90 Å². The van der Waals surface area contributed by atoms with Crippen LogP contribution in [0.4, 0.5) is 11.9 Å². The molecular weight excluding hydrogens is 292 g/mol. The molecule has 0 fully saturated rings. The third-order valence-electron chi connectivity index (χ3n) is 2.88. The molecule has 0 aromatic carbocycles. The smallest absolute Gasteiger partial charge is 0.228 e. The molecule has 0 aliphatic rings. The summed E-state index contributed by atoms with van der Waals surface area (Å²) in [6, 6.07) is 0. The molecule has 0 spiro atoms. The largest absolute Gasteiger partial charge is 0.354 e. The van der Waals surface area contributed by atoms with Crippen LogP contribution in [0.5, 0.6) is 0 Å². The Hall–Kier alpha value is -1.63. The van der Waals surface area contributed by atoms with Crippen molar-refractivity contribution >= 4 is 29.4 Å². The number of amides is 1. The first-order chi connectivity index (χ1) is 10.1. The van der Waals surface area contributed by atoms with Gasteiger partial charge in [0.25, 0.3) is 0 Å². The Morgan fingerprint density at radius 3 is 2.14 bits per heavy atom. The van der Waals surface area contributed by atoms with Crippen molar-refractivity contribution in [3.63, 3.8) is 0 Å². The molecule has 118 valence electrons. The van der Waals surface area contributed by atoms with E-state index in [1.807, 2.05) is 20.8 Å². The van der Waals surface area contributed by atoms with Gasteiger partial charge in [0.05, 0.1) is 0 Å². The van der Waals surface area contributed by atoms with E-state index in [-0.39, 0.29) is 11.2 Å². The van der Waals surface area contributed by atoms with E-state index >= 15 is 0 Å². The number of carbonyl (C=O) groups is 1. The van der Waals surface area contributed by atoms with E-state index in [9.17, 15) is 4.79 Å². The SMILES string of the molecule is CCCNc1nc(Cl)nc(NCCC(=O)N(CC)CC)n1. The lowest BCUT2D eigenvalue weighted by molar-refractivity contribution is -0.130. The summed E-state index contributed by atoms with van der Waals surface area (Å²) >= 11 is 5.85. The van der Waals surface area contributed by atoms with Crippen LogP contribution in [0.15, 0.2) is 0 Å². The van der Waals surface area contributed by atoms with Gasteiger partial charge in [-0.15, -0.1) is 0 Å². The Morgan fingerprint density at radius 2 is 1.62 bits per heavy atom. The molecule has 0 unspecified atom stereocenters. The zero-order valence-electron chi connectivity index (χ0n) is 12.8. The highest BCUT2D eigenvalue weighted by Crippen LogP contribution is 2.09. The predicted molar refractivity (Wildman–Crippen MR) is 84.7 cm³/mol. The number of hydrogen-bond acceptors (Lipinski definition) is 6. The number of nitrogens with zero attached hydrogens (tertiary/aromatic N) is 4. The Labute approximate surface area is 130 Å². The second-order valence-corrected chi connectivity index (χ2v) is 4.76. The summed E-state index contributed by atoms with van der Waals surface area (Å²) in [6.07, 6.45) is 1.35. The van der Waals surface area contributed by atoms with Crippen LogP contribution in [0.3, 0.4) is 0 Å². The van der Waals surface area contributed by atoms with Crippen LogP contribution in [0.2, 0.25) is 5.28 Å².